The molecule has 0 atom stereocenters. The largest absolute Gasteiger partial charge is 0.349 e. The van der Waals surface area contributed by atoms with Crippen molar-refractivity contribution in [3.63, 3.8) is 0 Å². The number of nitrogens with one attached hydrogen (secondary N) is 2. The molecule has 0 saturated heterocycles. The van der Waals surface area contributed by atoms with Gasteiger partial charge in [-0.15, -0.1) is 5.10 Å². The van der Waals surface area contributed by atoms with E-state index in [2.05, 4.69) is 30.5 Å². The van der Waals surface area contributed by atoms with Gasteiger partial charge >= 0.3 is 0 Å². The summed E-state index contributed by atoms with van der Waals surface area (Å²) in [6.07, 6.45) is 9.42. The van der Waals surface area contributed by atoms with E-state index in [0.29, 0.717) is 17.0 Å². The summed E-state index contributed by atoms with van der Waals surface area (Å²) in [5.41, 5.74) is 1.15. The fraction of sp³-hybridized carbons (Fsp3) is 0.300. The molecule has 10 heteroatoms. The second kappa shape index (κ2) is 7.54. The lowest BCUT2D eigenvalue weighted by atomic mass is 9.91. The van der Waals surface area contributed by atoms with Gasteiger partial charge in [-0.2, -0.15) is 5.10 Å². The summed E-state index contributed by atoms with van der Waals surface area (Å²) < 4.78 is 3.05. The molecule has 0 aromatic carbocycles. The van der Waals surface area contributed by atoms with Crippen molar-refractivity contribution in [2.45, 2.75) is 37.8 Å². The minimum Gasteiger partial charge on any atom is -0.349 e. The molecule has 4 aromatic rings. The Morgan fingerprint density at radius 1 is 1.17 bits per heavy atom. The van der Waals surface area contributed by atoms with Gasteiger partial charge in [0.05, 0.1) is 11.6 Å². The maximum Gasteiger partial charge on any atom is 0.267 e. The minimum atomic E-state index is -0.141. The van der Waals surface area contributed by atoms with Crippen molar-refractivity contribution in [2.24, 2.45) is 0 Å². The van der Waals surface area contributed by atoms with Crippen LogP contribution in [0.15, 0.2) is 54.1 Å². The smallest absolute Gasteiger partial charge is 0.267 e. The zero-order valence-electron chi connectivity index (χ0n) is 16.1. The second-order valence-corrected chi connectivity index (χ2v) is 7.40. The van der Waals surface area contributed by atoms with E-state index in [1.807, 2.05) is 12.1 Å². The molecule has 0 unspecified atom stereocenters. The highest BCUT2D eigenvalue weighted by Gasteiger charge is 2.26. The number of hydrogen-bond donors (Lipinski definition) is 2. The molecule has 1 fully saturated rings. The number of aromatic amines is 1. The Morgan fingerprint density at radius 3 is 2.83 bits per heavy atom. The molecule has 1 saturated carbocycles. The fourth-order valence-corrected chi connectivity index (χ4v) is 4.00. The third kappa shape index (κ3) is 3.36. The maximum absolute atomic E-state index is 12.7. The Morgan fingerprint density at radius 2 is 2.03 bits per heavy atom. The van der Waals surface area contributed by atoms with Crippen molar-refractivity contribution in [2.75, 3.05) is 0 Å². The molecule has 1 aliphatic rings. The number of aromatic nitrogens is 7. The Kier molecular flexibility index (Phi) is 4.58. The van der Waals surface area contributed by atoms with Gasteiger partial charge in [-0.3, -0.25) is 9.59 Å². The fourth-order valence-electron chi connectivity index (χ4n) is 4.00. The van der Waals surface area contributed by atoms with Crippen molar-refractivity contribution < 1.29 is 4.79 Å². The monoisotopic (exact) mass is 404 g/mol. The number of carbonyl (C=O) groups is 1. The number of fused-ring (bicyclic) bond motifs is 1. The molecule has 0 aliphatic heterocycles. The van der Waals surface area contributed by atoms with Gasteiger partial charge < -0.3 is 10.3 Å². The van der Waals surface area contributed by atoms with E-state index in [9.17, 15) is 9.59 Å². The van der Waals surface area contributed by atoms with Crippen LogP contribution < -0.4 is 10.9 Å². The van der Waals surface area contributed by atoms with E-state index in [0.717, 1.165) is 31.1 Å². The molecular formula is C20H20N8O2. The van der Waals surface area contributed by atoms with Crippen molar-refractivity contribution >= 4 is 16.9 Å². The van der Waals surface area contributed by atoms with Gasteiger partial charge in [0.25, 0.3) is 11.5 Å². The average Bonchev–Trinajstić information content (AvgIpc) is 3.45. The third-order valence-electron chi connectivity index (χ3n) is 5.54. The van der Waals surface area contributed by atoms with Crippen molar-refractivity contribution in [1.82, 2.24) is 39.8 Å². The Balaban J connectivity index is 1.26. The number of carbonyl (C=O) groups excluding carboxylic acids is 1. The SMILES string of the molecule is O=C(NC1CCC(n2nc(-n3cncn3)ccc2=O)CC1)c1c[nH]c2ncccc12. The first kappa shape index (κ1) is 18.2. The van der Waals surface area contributed by atoms with Crippen LogP contribution in [0.25, 0.3) is 16.9 Å². The summed E-state index contributed by atoms with van der Waals surface area (Å²) in [4.78, 5) is 36.3. The molecule has 10 nitrogen and oxygen atoms in total. The summed E-state index contributed by atoms with van der Waals surface area (Å²) >= 11 is 0. The maximum atomic E-state index is 12.7. The number of pyridine rings is 1. The highest BCUT2D eigenvalue weighted by Crippen LogP contribution is 2.27. The van der Waals surface area contributed by atoms with E-state index in [1.54, 1.807) is 24.8 Å². The summed E-state index contributed by atoms with van der Waals surface area (Å²) in [6, 6.07) is 6.88. The van der Waals surface area contributed by atoms with Crippen LogP contribution in [0.1, 0.15) is 42.1 Å². The Bertz CT molecular complexity index is 1240. The molecular weight excluding hydrogens is 384 g/mol. The predicted octanol–water partition coefficient (Wildman–Crippen LogP) is 1.61. The normalized spacial score (nSPS) is 19.1. The molecule has 5 rings (SSSR count). The lowest BCUT2D eigenvalue weighted by Crippen LogP contribution is -2.39. The first-order valence-corrected chi connectivity index (χ1v) is 9.87. The van der Waals surface area contributed by atoms with Crippen molar-refractivity contribution in [3.05, 3.63) is 65.2 Å². The van der Waals surface area contributed by atoms with Crippen LogP contribution in [-0.4, -0.2) is 46.5 Å². The molecule has 30 heavy (non-hydrogen) atoms. The van der Waals surface area contributed by atoms with Crippen LogP contribution in [0, 0.1) is 0 Å². The summed E-state index contributed by atoms with van der Waals surface area (Å²) in [5, 5.41) is 12.5. The van der Waals surface area contributed by atoms with Crippen molar-refractivity contribution in [3.8, 4) is 5.82 Å². The van der Waals surface area contributed by atoms with Gasteiger partial charge in [0.15, 0.2) is 5.82 Å². The van der Waals surface area contributed by atoms with Crippen LogP contribution in [0.3, 0.4) is 0 Å². The number of rotatable bonds is 4. The Labute approximate surface area is 171 Å². The lowest BCUT2D eigenvalue weighted by Gasteiger charge is -2.29. The lowest BCUT2D eigenvalue weighted by molar-refractivity contribution is 0.0923. The van der Waals surface area contributed by atoms with E-state index in [4.69, 9.17) is 0 Å². The van der Waals surface area contributed by atoms with Gasteiger partial charge in [-0.1, -0.05) is 0 Å². The molecule has 0 bridgehead atoms. The molecule has 4 heterocycles. The number of hydrogen-bond acceptors (Lipinski definition) is 6. The highest BCUT2D eigenvalue weighted by molar-refractivity contribution is 6.05. The molecule has 0 spiro atoms. The van der Waals surface area contributed by atoms with Gasteiger partial charge in [0.1, 0.15) is 18.3 Å². The Hall–Kier alpha value is -3.82. The minimum absolute atomic E-state index is 0.00795. The summed E-state index contributed by atoms with van der Waals surface area (Å²) in [5.74, 6) is 0.441. The van der Waals surface area contributed by atoms with E-state index < -0.39 is 0 Å². The number of amides is 1. The first-order valence-electron chi connectivity index (χ1n) is 9.87. The van der Waals surface area contributed by atoms with Gasteiger partial charge in [-0.25, -0.2) is 19.3 Å². The van der Waals surface area contributed by atoms with Crippen LogP contribution in [0.5, 0.6) is 0 Å². The number of nitrogens with zero attached hydrogens (tertiary/aromatic N) is 6. The molecule has 0 radical (unpaired) electrons. The quantitative estimate of drug-likeness (QED) is 0.533. The molecule has 1 aliphatic carbocycles. The van der Waals surface area contributed by atoms with Crippen LogP contribution >= 0.6 is 0 Å². The van der Waals surface area contributed by atoms with Gasteiger partial charge in [0.2, 0.25) is 0 Å². The summed E-state index contributed by atoms with van der Waals surface area (Å²) in [6.45, 7) is 0. The van der Waals surface area contributed by atoms with E-state index in [1.165, 1.54) is 21.8 Å². The highest BCUT2D eigenvalue weighted by atomic mass is 16.2. The predicted molar refractivity (Wildman–Crippen MR) is 108 cm³/mol. The van der Waals surface area contributed by atoms with Gasteiger partial charge in [-0.05, 0) is 43.9 Å². The average molecular weight is 404 g/mol. The topological polar surface area (TPSA) is 123 Å². The van der Waals surface area contributed by atoms with Crippen LogP contribution in [-0.2, 0) is 0 Å². The number of H-pyrrole nitrogens is 1. The zero-order valence-corrected chi connectivity index (χ0v) is 16.1. The molecule has 1 amide bonds. The molecule has 152 valence electrons. The first-order chi connectivity index (χ1) is 14.7. The zero-order chi connectivity index (χ0) is 20.5. The standard InChI is InChI=1S/C20H20N8O2/c29-18-8-7-17(27-12-21-11-24-27)26-28(18)14-5-3-13(4-6-14)25-20(30)16-10-23-19-15(16)2-1-9-22-19/h1-2,7-14H,3-6H2,(H,22,23)(H,25,30). The molecule has 4 aromatic heterocycles. The summed E-state index contributed by atoms with van der Waals surface area (Å²) in [7, 11) is 0. The van der Waals surface area contributed by atoms with Gasteiger partial charge in [0, 0.05) is 29.9 Å². The second-order valence-electron chi connectivity index (χ2n) is 7.40. The van der Waals surface area contributed by atoms with Crippen molar-refractivity contribution in [1.29, 1.82) is 0 Å². The van der Waals surface area contributed by atoms with E-state index in [-0.39, 0.29) is 23.6 Å². The third-order valence-corrected chi connectivity index (χ3v) is 5.54. The van der Waals surface area contributed by atoms with Crippen LogP contribution in [0.2, 0.25) is 0 Å². The molecule has 2 N–H and O–H groups in total. The van der Waals surface area contributed by atoms with Crippen LogP contribution in [0.4, 0.5) is 0 Å². The van der Waals surface area contributed by atoms with E-state index >= 15 is 0 Å².